The molecule has 0 radical (unpaired) electrons. The number of aliphatic hydroxyl groups excluding tert-OH is 1. The van der Waals surface area contributed by atoms with Gasteiger partial charge in [-0.2, -0.15) is 5.10 Å². The lowest BCUT2D eigenvalue weighted by Gasteiger charge is -2.29. The Morgan fingerprint density at radius 1 is 1.29 bits per heavy atom. The number of hydrogen-bond acceptors (Lipinski definition) is 8. The van der Waals surface area contributed by atoms with E-state index in [4.69, 9.17) is 15.2 Å². The third kappa shape index (κ3) is 6.58. The second-order valence-electron chi connectivity index (χ2n) is 10.4. The van der Waals surface area contributed by atoms with Gasteiger partial charge in [0.05, 0.1) is 17.6 Å². The van der Waals surface area contributed by atoms with Crippen LogP contribution in [0.4, 0.5) is 0 Å². The van der Waals surface area contributed by atoms with Gasteiger partial charge in [-0.15, -0.1) is 0 Å². The van der Waals surface area contributed by atoms with Crippen molar-refractivity contribution in [2.45, 2.75) is 84.2 Å². The summed E-state index contributed by atoms with van der Waals surface area (Å²) in [6, 6.07) is 0. The van der Waals surface area contributed by atoms with Crippen LogP contribution < -0.4 is 16.4 Å². The van der Waals surface area contributed by atoms with Gasteiger partial charge in [0, 0.05) is 31.1 Å². The zero-order valence-corrected chi connectivity index (χ0v) is 21.3. The lowest BCUT2D eigenvalue weighted by atomic mass is 9.83. The molecule has 192 valence electrons. The number of carbonyl (C=O) groups is 2. The monoisotopic (exact) mass is 479 g/mol. The second-order valence-corrected chi connectivity index (χ2v) is 10.4. The Bertz CT molecular complexity index is 828. The van der Waals surface area contributed by atoms with E-state index in [0.29, 0.717) is 31.4 Å². The Labute approximate surface area is 202 Å². The Morgan fingerprint density at radius 3 is 2.38 bits per heavy atom. The number of nitrogens with two attached hydrogens (primary N) is 1. The van der Waals surface area contributed by atoms with Crippen LogP contribution in [-0.4, -0.2) is 59.9 Å². The molecule has 2 amide bonds. The summed E-state index contributed by atoms with van der Waals surface area (Å²) in [5, 5.41) is 21.2. The van der Waals surface area contributed by atoms with E-state index >= 15 is 0 Å². The summed E-state index contributed by atoms with van der Waals surface area (Å²) in [4.78, 5) is 25.3. The van der Waals surface area contributed by atoms with Gasteiger partial charge >= 0.3 is 0 Å². The van der Waals surface area contributed by atoms with Crippen molar-refractivity contribution in [1.29, 1.82) is 0 Å². The van der Waals surface area contributed by atoms with Gasteiger partial charge in [0.2, 0.25) is 18.2 Å². The molecule has 0 aliphatic heterocycles. The molecule has 0 aromatic heterocycles. The topological polar surface area (TPSA) is 139 Å². The van der Waals surface area contributed by atoms with Gasteiger partial charge in [0.1, 0.15) is 0 Å². The normalized spacial score (nSPS) is 25.9. The van der Waals surface area contributed by atoms with E-state index in [1.54, 1.807) is 19.2 Å². The van der Waals surface area contributed by atoms with Gasteiger partial charge in [-0.05, 0) is 64.9 Å². The fourth-order valence-electron chi connectivity index (χ4n) is 4.60. The van der Waals surface area contributed by atoms with Crippen molar-refractivity contribution >= 4 is 18.5 Å². The number of carbonyl (C=O) groups excluding carboxylic acids is 2. The Hall–Kier alpha value is -2.43. The van der Waals surface area contributed by atoms with Crippen LogP contribution in [0.25, 0.3) is 0 Å². The summed E-state index contributed by atoms with van der Waals surface area (Å²) >= 11 is 0. The number of primary amides is 1. The van der Waals surface area contributed by atoms with Crippen LogP contribution in [-0.2, 0) is 19.1 Å². The maximum absolute atomic E-state index is 13.3. The number of hydrazone groups is 1. The summed E-state index contributed by atoms with van der Waals surface area (Å²) in [7, 11) is 1.39. The predicted molar refractivity (Wildman–Crippen MR) is 130 cm³/mol. The van der Waals surface area contributed by atoms with Crippen molar-refractivity contribution in [3.05, 3.63) is 23.7 Å². The predicted octanol–water partition coefficient (Wildman–Crippen LogP) is 1.92. The minimum Gasteiger partial charge on any atom is -0.477 e. The van der Waals surface area contributed by atoms with Gasteiger partial charge in [0.15, 0.2) is 0 Å². The van der Waals surface area contributed by atoms with Crippen molar-refractivity contribution in [3.63, 3.8) is 0 Å². The first-order chi connectivity index (χ1) is 15.8. The summed E-state index contributed by atoms with van der Waals surface area (Å²) in [5.74, 6) is -0.0866. The molecule has 2 rings (SSSR count). The third-order valence-electron chi connectivity index (χ3n) is 6.67. The van der Waals surface area contributed by atoms with Crippen molar-refractivity contribution in [1.82, 2.24) is 15.6 Å². The van der Waals surface area contributed by atoms with E-state index in [1.165, 1.54) is 12.1 Å². The molecule has 0 aromatic carbocycles. The molecule has 1 atom stereocenters. The zero-order chi connectivity index (χ0) is 25.7. The largest absolute Gasteiger partial charge is 0.477 e. The highest BCUT2D eigenvalue weighted by Crippen LogP contribution is 2.56. The number of rotatable bonds is 13. The number of aliphatic hydroxyl groups is 1. The van der Waals surface area contributed by atoms with Gasteiger partial charge in [-0.3, -0.25) is 14.9 Å². The van der Waals surface area contributed by atoms with Gasteiger partial charge in [0.25, 0.3) is 5.91 Å². The van der Waals surface area contributed by atoms with Crippen LogP contribution in [0.3, 0.4) is 0 Å². The molecular weight excluding hydrogens is 438 g/mol. The van der Waals surface area contributed by atoms with Crippen LogP contribution in [0.1, 0.15) is 66.7 Å². The van der Waals surface area contributed by atoms with Crippen LogP contribution in [0.5, 0.6) is 0 Å². The Morgan fingerprint density at radius 2 is 1.91 bits per heavy atom. The minimum absolute atomic E-state index is 0.218. The average Bonchev–Trinajstić information content (AvgIpc) is 3.32. The van der Waals surface area contributed by atoms with Crippen molar-refractivity contribution < 1.29 is 24.2 Å². The third-order valence-corrected chi connectivity index (χ3v) is 6.67. The number of fused-ring (bicyclic) bond motifs is 2. The molecule has 2 aliphatic carbocycles. The van der Waals surface area contributed by atoms with Crippen LogP contribution >= 0.6 is 0 Å². The lowest BCUT2D eigenvalue weighted by molar-refractivity contribution is -0.127. The Balaban J connectivity index is 2.27. The van der Waals surface area contributed by atoms with Crippen LogP contribution in [0.2, 0.25) is 0 Å². The van der Waals surface area contributed by atoms with E-state index in [1.807, 2.05) is 27.7 Å². The van der Waals surface area contributed by atoms with E-state index < -0.39 is 22.9 Å². The highest BCUT2D eigenvalue weighted by molar-refractivity contribution is 5.94. The second kappa shape index (κ2) is 10.9. The molecule has 2 bridgehead atoms. The zero-order valence-electron chi connectivity index (χ0n) is 21.3. The molecular formula is C24H41N5O5. The fraction of sp³-hybridized carbons (Fsp3) is 0.708. The molecule has 5 N–H and O–H groups in total. The summed E-state index contributed by atoms with van der Waals surface area (Å²) in [6.07, 6.45) is 5.64. The number of ether oxygens (including phenoxy) is 2. The maximum Gasteiger partial charge on any atom is 0.252 e. The molecule has 0 heterocycles. The lowest BCUT2D eigenvalue weighted by Crippen LogP contribution is -2.46. The molecule has 0 aromatic rings. The molecule has 2 saturated carbocycles. The van der Waals surface area contributed by atoms with Crippen molar-refractivity contribution in [3.8, 4) is 0 Å². The van der Waals surface area contributed by atoms with E-state index in [-0.39, 0.29) is 23.6 Å². The molecule has 2 aliphatic rings. The molecule has 1 unspecified atom stereocenters. The molecule has 0 spiro atoms. The van der Waals surface area contributed by atoms with E-state index in [0.717, 1.165) is 12.8 Å². The number of methoxy groups -OCH3 is 1. The standard InChI is InChI=1S/C24H41N5O5/c1-16(2)14-34-19(29(26-6)13-12-22(4,5)28-21(32)33-7)17(3)18(30)27-24-10-8-23(15-24,9-11-24)20(25)31/h12-13,16,21,28,32H,6,8-11,14-15H2,1-5,7H3,(H2,25,31)(H,27,30)/b13-12+,19-17-. The molecule has 34 heavy (non-hydrogen) atoms. The molecule has 10 nitrogen and oxygen atoms in total. The summed E-state index contributed by atoms with van der Waals surface area (Å²) in [6.45, 7) is 13.4. The minimum atomic E-state index is -1.14. The number of nitrogens with one attached hydrogen (secondary N) is 2. The SMILES string of the molecule is C=NN(/C=C/C(C)(C)NC(O)OC)/C(OCC(C)C)=C(\C)C(=O)NC12CCC(C(N)=O)(CC1)C2. The summed E-state index contributed by atoms with van der Waals surface area (Å²) < 4.78 is 10.9. The quantitative estimate of drug-likeness (QED) is 0.104. The first kappa shape index (κ1) is 27.8. The molecule has 10 heteroatoms. The highest BCUT2D eigenvalue weighted by Gasteiger charge is 2.58. The van der Waals surface area contributed by atoms with Gasteiger partial charge in [-0.1, -0.05) is 13.8 Å². The smallest absolute Gasteiger partial charge is 0.252 e. The van der Waals surface area contributed by atoms with Crippen molar-refractivity contribution in [2.75, 3.05) is 13.7 Å². The number of nitrogens with zero attached hydrogens (tertiary/aromatic N) is 2. The maximum atomic E-state index is 13.3. The van der Waals surface area contributed by atoms with Gasteiger partial charge < -0.3 is 25.6 Å². The Kier molecular flexibility index (Phi) is 8.90. The highest BCUT2D eigenvalue weighted by atomic mass is 16.6. The first-order valence-electron chi connectivity index (χ1n) is 11.7. The molecule has 0 saturated heterocycles. The average molecular weight is 480 g/mol. The van der Waals surface area contributed by atoms with E-state index in [9.17, 15) is 14.7 Å². The number of amides is 2. The first-order valence-corrected chi connectivity index (χ1v) is 11.7. The van der Waals surface area contributed by atoms with Crippen LogP contribution in [0, 0.1) is 11.3 Å². The van der Waals surface area contributed by atoms with Crippen molar-refractivity contribution in [2.24, 2.45) is 22.2 Å². The van der Waals surface area contributed by atoms with E-state index in [2.05, 4.69) is 22.5 Å². The van der Waals surface area contributed by atoms with Crippen LogP contribution in [0.15, 0.2) is 28.8 Å². The fourth-order valence-corrected chi connectivity index (χ4v) is 4.60. The van der Waals surface area contributed by atoms with Gasteiger partial charge in [-0.25, -0.2) is 5.01 Å². The summed E-state index contributed by atoms with van der Waals surface area (Å²) in [5.41, 5.74) is 4.40. The molecule has 2 fully saturated rings. The number of hydrogen-bond donors (Lipinski definition) is 4.